The van der Waals surface area contributed by atoms with Gasteiger partial charge in [0.2, 0.25) is 0 Å². The number of carbonyl (C=O) groups excluding carboxylic acids is 2. The van der Waals surface area contributed by atoms with Crippen LogP contribution in [-0.4, -0.2) is 28.1 Å². The molecule has 2 N–H and O–H groups in total. The highest BCUT2D eigenvalue weighted by molar-refractivity contribution is 6.35. The third-order valence-corrected chi connectivity index (χ3v) is 4.14. The van der Waals surface area contributed by atoms with Crippen molar-refractivity contribution in [3.8, 4) is 0 Å². The Balaban J connectivity index is 1.56. The van der Waals surface area contributed by atoms with Gasteiger partial charge in [-0.25, -0.2) is 0 Å². The fourth-order valence-electron chi connectivity index (χ4n) is 2.44. The van der Waals surface area contributed by atoms with Crippen molar-refractivity contribution in [2.24, 2.45) is 0 Å². The summed E-state index contributed by atoms with van der Waals surface area (Å²) in [5, 5.41) is 9.86. The summed E-state index contributed by atoms with van der Waals surface area (Å²) in [5.41, 5.74) is 0.736. The molecule has 2 aromatic heterocycles. The van der Waals surface area contributed by atoms with Crippen LogP contribution in [0.5, 0.6) is 0 Å². The molecule has 8 heteroatoms. The normalized spacial score (nSPS) is 11.7. The summed E-state index contributed by atoms with van der Waals surface area (Å²) in [7, 11) is 0. The molecule has 2 amide bonds. The monoisotopic (exact) mass is 372 g/mol. The first kappa shape index (κ1) is 17.8. The Bertz CT molecular complexity index is 828. The van der Waals surface area contributed by atoms with Crippen LogP contribution in [0.25, 0.3) is 0 Å². The molecule has 0 saturated carbocycles. The average molecular weight is 373 g/mol. The Morgan fingerprint density at radius 3 is 2.62 bits per heavy atom. The number of nitrogens with zero attached hydrogens (tertiary/aromatic N) is 2. The molecule has 3 aromatic rings. The first-order valence-corrected chi connectivity index (χ1v) is 8.35. The van der Waals surface area contributed by atoms with Crippen molar-refractivity contribution < 1.29 is 14.0 Å². The summed E-state index contributed by atoms with van der Waals surface area (Å²) in [6.45, 7) is 0.334. The van der Waals surface area contributed by atoms with Crippen LogP contribution in [0.2, 0.25) is 5.02 Å². The van der Waals surface area contributed by atoms with Crippen molar-refractivity contribution in [3.05, 3.63) is 77.5 Å². The lowest BCUT2D eigenvalue weighted by atomic mass is 10.2. The van der Waals surface area contributed by atoms with Gasteiger partial charge in [0.05, 0.1) is 6.26 Å². The zero-order valence-corrected chi connectivity index (χ0v) is 14.5. The van der Waals surface area contributed by atoms with Crippen LogP contribution in [0.4, 0.5) is 0 Å². The summed E-state index contributed by atoms with van der Waals surface area (Å²) >= 11 is 6.03. The van der Waals surface area contributed by atoms with Crippen LogP contribution in [-0.2, 0) is 16.1 Å². The Kier molecular flexibility index (Phi) is 5.70. The molecular formula is C18H17ClN4O3. The number of aromatic nitrogens is 2. The van der Waals surface area contributed by atoms with E-state index in [1.54, 1.807) is 59.7 Å². The second-order valence-electron chi connectivity index (χ2n) is 5.50. The molecule has 1 atom stereocenters. The van der Waals surface area contributed by atoms with E-state index in [0.717, 1.165) is 5.56 Å². The number of furan rings is 1. The van der Waals surface area contributed by atoms with E-state index in [0.29, 0.717) is 10.8 Å². The molecule has 0 bridgehead atoms. The second kappa shape index (κ2) is 8.35. The third kappa shape index (κ3) is 4.31. The molecule has 0 spiro atoms. The van der Waals surface area contributed by atoms with Crippen molar-refractivity contribution in [2.75, 3.05) is 6.54 Å². The van der Waals surface area contributed by atoms with Gasteiger partial charge in [0.15, 0.2) is 0 Å². The fourth-order valence-corrected chi connectivity index (χ4v) is 2.64. The van der Waals surface area contributed by atoms with Crippen LogP contribution >= 0.6 is 11.6 Å². The predicted molar refractivity (Wildman–Crippen MR) is 95.4 cm³/mol. The predicted octanol–water partition coefficient (Wildman–Crippen LogP) is 2.15. The maximum Gasteiger partial charge on any atom is 0.309 e. The van der Waals surface area contributed by atoms with Crippen molar-refractivity contribution in [1.82, 2.24) is 20.4 Å². The SMILES string of the molecule is O=C(NCc1ccccc1Cl)C(=O)NCC(c1ccco1)n1cccn1. The molecular weight excluding hydrogens is 356 g/mol. The molecule has 1 aromatic carbocycles. The van der Waals surface area contributed by atoms with Crippen LogP contribution in [0, 0.1) is 0 Å². The molecule has 1 unspecified atom stereocenters. The highest BCUT2D eigenvalue weighted by Gasteiger charge is 2.20. The Labute approximate surface area is 154 Å². The molecule has 0 aliphatic carbocycles. The first-order chi connectivity index (χ1) is 12.6. The molecule has 0 aliphatic heterocycles. The molecule has 7 nitrogen and oxygen atoms in total. The number of rotatable bonds is 6. The molecule has 0 saturated heterocycles. The van der Waals surface area contributed by atoms with Crippen molar-refractivity contribution in [3.63, 3.8) is 0 Å². The van der Waals surface area contributed by atoms with Gasteiger partial charge in [-0.15, -0.1) is 0 Å². The van der Waals surface area contributed by atoms with Gasteiger partial charge in [0.1, 0.15) is 11.8 Å². The third-order valence-electron chi connectivity index (χ3n) is 3.78. The van der Waals surface area contributed by atoms with Gasteiger partial charge in [-0.3, -0.25) is 14.3 Å². The molecule has 0 fully saturated rings. The lowest BCUT2D eigenvalue weighted by Crippen LogP contribution is -2.42. The Morgan fingerprint density at radius 2 is 1.92 bits per heavy atom. The van der Waals surface area contributed by atoms with E-state index in [1.807, 2.05) is 6.07 Å². The largest absolute Gasteiger partial charge is 0.467 e. The van der Waals surface area contributed by atoms with Crippen molar-refractivity contribution >= 4 is 23.4 Å². The van der Waals surface area contributed by atoms with E-state index < -0.39 is 11.8 Å². The van der Waals surface area contributed by atoms with E-state index in [-0.39, 0.29) is 19.1 Å². The Morgan fingerprint density at radius 1 is 1.12 bits per heavy atom. The number of nitrogens with one attached hydrogen (secondary N) is 2. The summed E-state index contributed by atoms with van der Waals surface area (Å²) in [6, 6.07) is 12.1. The first-order valence-electron chi connectivity index (χ1n) is 7.97. The van der Waals surface area contributed by atoms with Gasteiger partial charge in [0.25, 0.3) is 0 Å². The number of carbonyl (C=O) groups is 2. The number of hydrogen-bond donors (Lipinski definition) is 2. The molecule has 26 heavy (non-hydrogen) atoms. The topological polar surface area (TPSA) is 89.2 Å². The van der Waals surface area contributed by atoms with Gasteiger partial charge in [-0.2, -0.15) is 5.10 Å². The lowest BCUT2D eigenvalue weighted by Gasteiger charge is -2.16. The molecule has 2 heterocycles. The maximum atomic E-state index is 12.1. The zero-order chi connectivity index (χ0) is 18.4. The quantitative estimate of drug-likeness (QED) is 0.649. The van der Waals surface area contributed by atoms with E-state index >= 15 is 0 Å². The summed E-state index contributed by atoms with van der Waals surface area (Å²) in [4.78, 5) is 24.1. The number of benzene rings is 1. The fraction of sp³-hybridized carbons (Fsp3) is 0.167. The number of halogens is 1. The zero-order valence-electron chi connectivity index (χ0n) is 13.8. The van der Waals surface area contributed by atoms with Crippen molar-refractivity contribution in [2.45, 2.75) is 12.6 Å². The smallest absolute Gasteiger partial charge is 0.309 e. The standard InChI is InChI=1S/C18H17ClN4O3/c19-14-6-2-1-5-13(14)11-20-17(24)18(25)21-12-15(16-7-3-10-26-16)23-9-4-8-22-23/h1-10,15H,11-12H2,(H,20,24)(H,21,25). The van der Waals surface area contributed by atoms with E-state index in [4.69, 9.17) is 16.0 Å². The summed E-state index contributed by atoms with van der Waals surface area (Å²) in [6.07, 6.45) is 4.94. The minimum Gasteiger partial charge on any atom is -0.467 e. The van der Waals surface area contributed by atoms with Crippen LogP contribution < -0.4 is 10.6 Å². The van der Waals surface area contributed by atoms with Crippen molar-refractivity contribution in [1.29, 1.82) is 0 Å². The summed E-state index contributed by atoms with van der Waals surface area (Å²) < 4.78 is 7.06. The highest BCUT2D eigenvalue weighted by Crippen LogP contribution is 2.17. The van der Waals surface area contributed by atoms with Gasteiger partial charge >= 0.3 is 11.8 Å². The van der Waals surface area contributed by atoms with E-state index in [2.05, 4.69) is 15.7 Å². The van der Waals surface area contributed by atoms with Crippen LogP contribution in [0.1, 0.15) is 17.4 Å². The lowest BCUT2D eigenvalue weighted by molar-refractivity contribution is -0.139. The minimum absolute atomic E-state index is 0.160. The summed E-state index contributed by atoms with van der Waals surface area (Å²) in [5.74, 6) is -0.838. The Hall–Kier alpha value is -3.06. The van der Waals surface area contributed by atoms with Crippen LogP contribution in [0.15, 0.2) is 65.5 Å². The van der Waals surface area contributed by atoms with Gasteiger partial charge in [-0.05, 0) is 29.8 Å². The number of hydrogen-bond acceptors (Lipinski definition) is 4. The maximum absolute atomic E-state index is 12.1. The highest BCUT2D eigenvalue weighted by atomic mass is 35.5. The minimum atomic E-state index is -0.735. The van der Waals surface area contributed by atoms with Gasteiger partial charge in [0, 0.05) is 30.5 Å². The average Bonchev–Trinajstić information content (AvgIpc) is 3.35. The number of amides is 2. The van der Waals surface area contributed by atoms with Gasteiger partial charge in [-0.1, -0.05) is 29.8 Å². The molecule has 0 radical (unpaired) electrons. The molecule has 3 rings (SSSR count). The molecule has 134 valence electrons. The van der Waals surface area contributed by atoms with E-state index in [1.165, 1.54) is 0 Å². The van der Waals surface area contributed by atoms with E-state index in [9.17, 15) is 9.59 Å². The van der Waals surface area contributed by atoms with Gasteiger partial charge < -0.3 is 15.1 Å². The molecule has 0 aliphatic rings. The van der Waals surface area contributed by atoms with Crippen LogP contribution in [0.3, 0.4) is 0 Å². The second-order valence-corrected chi connectivity index (χ2v) is 5.91.